The van der Waals surface area contributed by atoms with E-state index in [4.69, 9.17) is 23.9 Å². The van der Waals surface area contributed by atoms with Crippen LogP contribution in [-0.4, -0.2) is 126 Å². The van der Waals surface area contributed by atoms with Gasteiger partial charge < -0.3 is 29.2 Å². The Morgan fingerprint density at radius 3 is 2.25 bits per heavy atom. The van der Waals surface area contributed by atoms with Crippen LogP contribution in [0.3, 0.4) is 0 Å². The Kier molecular flexibility index (Phi) is 15.3. The highest BCUT2D eigenvalue weighted by molar-refractivity contribution is 7.10. The molecular formula is C45H57N5O10S. The second-order valence-corrected chi connectivity index (χ2v) is 17.5. The van der Waals surface area contributed by atoms with Gasteiger partial charge in [0.25, 0.3) is 11.8 Å². The van der Waals surface area contributed by atoms with E-state index in [-0.39, 0.29) is 74.1 Å². The van der Waals surface area contributed by atoms with Gasteiger partial charge in [-0.1, -0.05) is 43.5 Å². The lowest BCUT2D eigenvalue weighted by Gasteiger charge is -2.36. The first-order valence-corrected chi connectivity index (χ1v) is 22.0. The second kappa shape index (κ2) is 20.6. The van der Waals surface area contributed by atoms with Crippen molar-refractivity contribution < 1.29 is 47.7 Å². The number of thiazole rings is 1. The summed E-state index contributed by atoms with van der Waals surface area (Å²) in [6, 6.07) is 11.7. The highest BCUT2D eigenvalue weighted by Gasteiger charge is 2.41. The van der Waals surface area contributed by atoms with Crippen molar-refractivity contribution in [1.29, 1.82) is 0 Å². The number of ether oxygens (including phenoxy) is 4. The van der Waals surface area contributed by atoms with E-state index < -0.39 is 29.7 Å². The molecule has 16 heteroatoms. The first-order chi connectivity index (χ1) is 29.2. The van der Waals surface area contributed by atoms with Gasteiger partial charge >= 0.3 is 6.09 Å². The fourth-order valence-corrected chi connectivity index (χ4v) is 8.76. The van der Waals surface area contributed by atoms with Gasteiger partial charge in [-0.15, -0.1) is 11.3 Å². The number of aromatic nitrogens is 1. The number of imide groups is 1. The summed E-state index contributed by atoms with van der Waals surface area (Å²) in [6.07, 6.45) is 5.49. The Balaban J connectivity index is 0.977. The number of carbonyl (C=O) groups excluding carboxylic acids is 6. The van der Waals surface area contributed by atoms with E-state index in [2.05, 4.69) is 5.32 Å². The van der Waals surface area contributed by atoms with Crippen LogP contribution in [0.2, 0.25) is 0 Å². The van der Waals surface area contributed by atoms with Crippen molar-refractivity contribution in [2.45, 2.75) is 96.4 Å². The molecule has 61 heavy (non-hydrogen) atoms. The van der Waals surface area contributed by atoms with Gasteiger partial charge in [0, 0.05) is 24.5 Å². The van der Waals surface area contributed by atoms with E-state index in [1.165, 1.54) is 28.2 Å². The monoisotopic (exact) mass is 859 g/mol. The highest BCUT2D eigenvalue weighted by Crippen LogP contribution is 2.37. The van der Waals surface area contributed by atoms with Crippen LogP contribution in [0.15, 0.2) is 53.9 Å². The predicted octanol–water partition coefficient (Wildman–Crippen LogP) is 6.07. The minimum absolute atomic E-state index is 0.0357. The van der Waals surface area contributed by atoms with Gasteiger partial charge in [-0.2, -0.15) is 0 Å². The number of amides is 5. The van der Waals surface area contributed by atoms with Crippen LogP contribution in [0.1, 0.15) is 120 Å². The molecule has 2 fully saturated rings. The van der Waals surface area contributed by atoms with Crippen molar-refractivity contribution in [2.75, 3.05) is 53.2 Å². The molecule has 1 N–H and O–H groups in total. The molecule has 1 saturated carbocycles. The van der Waals surface area contributed by atoms with E-state index in [9.17, 15) is 28.8 Å². The summed E-state index contributed by atoms with van der Waals surface area (Å²) in [7, 11) is 1.52. The molecule has 0 spiro atoms. The maximum atomic E-state index is 14.4. The second-order valence-electron chi connectivity index (χ2n) is 16.6. The summed E-state index contributed by atoms with van der Waals surface area (Å²) in [5, 5.41) is 5.42. The Morgan fingerprint density at radius 1 is 0.885 bits per heavy atom. The number of nitrogens with one attached hydrogen (secondary N) is 1. The average molecular weight is 860 g/mol. The van der Waals surface area contributed by atoms with Crippen molar-refractivity contribution in [3.05, 3.63) is 81.3 Å². The lowest BCUT2D eigenvalue weighted by atomic mass is 9.83. The lowest BCUT2D eigenvalue weighted by Crippen LogP contribution is -2.56. The Labute approximate surface area is 361 Å². The molecule has 3 atom stereocenters. The molecule has 6 rings (SSSR count). The zero-order chi connectivity index (χ0) is 43.7. The molecule has 328 valence electrons. The molecule has 1 saturated heterocycles. The first kappa shape index (κ1) is 45.3. The number of fused-ring (bicyclic) bond motifs is 1. The van der Waals surface area contributed by atoms with Gasteiger partial charge in [0.05, 0.1) is 50.1 Å². The first-order valence-electron chi connectivity index (χ1n) is 21.1. The summed E-state index contributed by atoms with van der Waals surface area (Å²) >= 11 is 1.34. The topological polar surface area (TPSA) is 174 Å². The Bertz CT molecular complexity index is 2020. The van der Waals surface area contributed by atoms with Crippen LogP contribution in [0.25, 0.3) is 0 Å². The number of hydrogen-bond acceptors (Lipinski definition) is 12. The smallest absolute Gasteiger partial charge is 0.410 e. The molecular weight excluding hydrogens is 803 g/mol. The number of hydrogen-bond donors (Lipinski definition) is 1. The fourth-order valence-electron chi connectivity index (χ4n) is 7.81. The van der Waals surface area contributed by atoms with Gasteiger partial charge in [-0.05, 0) is 83.6 Å². The highest BCUT2D eigenvalue weighted by atomic mass is 32.1. The number of carbonyl (C=O) groups is 6. The van der Waals surface area contributed by atoms with Crippen molar-refractivity contribution in [3.8, 4) is 5.75 Å². The van der Waals surface area contributed by atoms with Gasteiger partial charge in [0.1, 0.15) is 40.7 Å². The summed E-state index contributed by atoms with van der Waals surface area (Å²) in [6.45, 7) is 8.86. The van der Waals surface area contributed by atoms with Gasteiger partial charge in [0.2, 0.25) is 17.6 Å². The SMILES string of the molecule is C[C@@H](C(=O)N[C@H](C(=O)N1CCC[C@H]1c1nc(C(=O)c2cccc(OCCOCCOCCN3C(=O)c4ccccc4C3=O)c2)cs1)C1CCCCC1)N(C)C(=O)OC(C)(C)C. The van der Waals surface area contributed by atoms with E-state index in [1.807, 2.05) is 0 Å². The molecule has 3 aromatic rings. The zero-order valence-electron chi connectivity index (χ0n) is 35.7. The normalized spacial score (nSPS) is 17.8. The van der Waals surface area contributed by atoms with Crippen LogP contribution in [0, 0.1) is 5.92 Å². The molecule has 15 nitrogen and oxygen atoms in total. The van der Waals surface area contributed by atoms with E-state index in [0.29, 0.717) is 47.0 Å². The van der Waals surface area contributed by atoms with Gasteiger partial charge in [-0.25, -0.2) is 9.78 Å². The van der Waals surface area contributed by atoms with Crippen LogP contribution in [0.5, 0.6) is 5.75 Å². The molecule has 5 amide bonds. The largest absolute Gasteiger partial charge is 0.491 e. The molecule has 0 radical (unpaired) electrons. The van der Waals surface area contributed by atoms with Crippen molar-refractivity contribution in [1.82, 2.24) is 25.0 Å². The minimum atomic E-state index is -0.862. The van der Waals surface area contributed by atoms with Crippen LogP contribution in [0.4, 0.5) is 4.79 Å². The molecule has 2 aromatic carbocycles. The zero-order valence-corrected chi connectivity index (χ0v) is 36.5. The van der Waals surface area contributed by atoms with Crippen LogP contribution >= 0.6 is 11.3 Å². The number of likely N-dealkylation sites (tertiary alicyclic amines) is 1. The molecule has 0 bridgehead atoms. The molecule has 1 aromatic heterocycles. The maximum absolute atomic E-state index is 14.4. The minimum Gasteiger partial charge on any atom is -0.491 e. The third-order valence-corrected chi connectivity index (χ3v) is 12.2. The third-order valence-electron chi connectivity index (χ3n) is 11.2. The fraction of sp³-hybridized carbons (Fsp3) is 0.533. The van der Waals surface area contributed by atoms with E-state index in [1.54, 1.807) is 86.5 Å². The quantitative estimate of drug-likeness (QED) is 0.0894. The van der Waals surface area contributed by atoms with Gasteiger partial charge in [-0.3, -0.25) is 33.8 Å². The van der Waals surface area contributed by atoms with Crippen LogP contribution in [-0.2, 0) is 23.8 Å². The number of rotatable bonds is 18. The van der Waals surface area contributed by atoms with Crippen molar-refractivity contribution >= 4 is 46.8 Å². The molecule has 1 aliphatic carbocycles. The average Bonchev–Trinajstić information content (AvgIpc) is 4.00. The number of benzene rings is 2. The summed E-state index contributed by atoms with van der Waals surface area (Å²) in [5.74, 6) is -1.02. The summed E-state index contributed by atoms with van der Waals surface area (Å²) in [5.41, 5.74) is 0.783. The number of nitrogens with zero attached hydrogens (tertiary/aromatic N) is 4. The molecule has 3 aliphatic rings. The maximum Gasteiger partial charge on any atom is 0.410 e. The third kappa shape index (κ3) is 11.4. The van der Waals surface area contributed by atoms with Crippen molar-refractivity contribution in [2.24, 2.45) is 5.92 Å². The van der Waals surface area contributed by atoms with Crippen LogP contribution < -0.4 is 10.1 Å². The Hall–Kier alpha value is -5.19. The lowest BCUT2D eigenvalue weighted by molar-refractivity contribution is -0.140. The standard InChI is InChI=1S/C45H57N5O10S/c1-29(48(5)44(56)60-45(2,3)4)39(52)47-37(30-13-7-6-8-14-30)43(55)49-20-12-19-36(49)40-46-35(28-61-40)38(51)31-15-11-16-32(27-31)59-26-25-58-24-23-57-22-21-50-41(53)33-17-9-10-18-34(33)42(50)54/h9-11,15-18,27-30,36-37H,6-8,12-14,19-26H2,1-5H3,(H,47,52)/t29-,36-,37-/m0/s1. The Morgan fingerprint density at radius 2 is 1.56 bits per heavy atom. The molecule has 0 unspecified atom stereocenters. The molecule has 3 heterocycles. The van der Waals surface area contributed by atoms with E-state index in [0.717, 1.165) is 38.5 Å². The van der Waals surface area contributed by atoms with E-state index >= 15 is 0 Å². The predicted molar refractivity (Wildman–Crippen MR) is 227 cm³/mol. The summed E-state index contributed by atoms with van der Waals surface area (Å²) in [4.78, 5) is 88.4. The number of likely N-dealkylation sites (N-methyl/N-ethyl adjacent to an activating group) is 1. The van der Waals surface area contributed by atoms with Crippen molar-refractivity contribution in [3.63, 3.8) is 0 Å². The number of ketones is 1. The molecule has 2 aliphatic heterocycles. The van der Waals surface area contributed by atoms with Gasteiger partial charge in [0.15, 0.2) is 0 Å². The summed E-state index contributed by atoms with van der Waals surface area (Å²) < 4.78 is 22.5.